The molecule has 0 radical (unpaired) electrons. The van der Waals surface area contributed by atoms with Gasteiger partial charge in [0, 0.05) is 12.1 Å². The van der Waals surface area contributed by atoms with Crippen molar-refractivity contribution in [2.75, 3.05) is 13.2 Å². The molecule has 6 nitrogen and oxygen atoms in total. The molecule has 0 atom stereocenters. The number of ether oxygens (including phenoxy) is 1. The summed E-state index contributed by atoms with van der Waals surface area (Å²) in [6, 6.07) is 6.63. The number of amidine groups is 1. The van der Waals surface area contributed by atoms with Crippen molar-refractivity contribution in [3.05, 3.63) is 29.8 Å². The minimum absolute atomic E-state index is 0.0291. The van der Waals surface area contributed by atoms with E-state index in [0.29, 0.717) is 17.9 Å². The zero-order valence-electron chi connectivity index (χ0n) is 12.7. The number of hydrogen-bond donors (Lipinski definition) is 3. The van der Waals surface area contributed by atoms with Gasteiger partial charge in [-0.25, -0.2) is 0 Å². The second-order valence-corrected chi connectivity index (χ2v) is 5.96. The molecule has 21 heavy (non-hydrogen) atoms. The standard InChI is InChI=1S/C15H23N3O3/c1-15(2,3)8-9-17-13(19)10-21-12-6-4-11(5-7-12)14(16)18-20/h4-7,20H,8-10H2,1-3H3,(H2,16,18)(H,17,19). The molecule has 0 spiro atoms. The first kappa shape index (κ1) is 16.8. The first-order chi connectivity index (χ1) is 9.81. The molecule has 0 unspecified atom stereocenters. The van der Waals surface area contributed by atoms with E-state index in [9.17, 15) is 4.79 Å². The van der Waals surface area contributed by atoms with Crippen molar-refractivity contribution in [2.24, 2.45) is 16.3 Å². The van der Waals surface area contributed by atoms with Crippen LogP contribution in [0.4, 0.5) is 0 Å². The van der Waals surface area contributed by atoms with Gasteiger partial charge in [0.15, 0.2) is 12.4 Å². The van der Waals surface area contributed by atoms with E-state index in [2.05, 4.69) is 31.2 Å². The van der Waals surface area contributed by atoms with Crippen LogP contribution in [0.25, 0.3) is 0 Å². The molecule has 0 aliphatic heterocycles. The Hall–Kier alpha value is -2.24. The maximum atomic E-state index is 11.6. The van der Waals surface area contributed by atoms with E-state index in [1.165, 1.54) is 0 Å². The highest BCUT2D eigenvalue weighted by molar-refractivity contribution is 5.97. The molecule has 4 N–H and O–H groups in total. The summed E-state index contributed by atoms with van der Waals surface area (Å²) in [4.78, 5) is 11.6. The van der Waals surface area contributed by atoms with Crippen LogP contribution in [0.5, 0.6) is 5.75 Å². The lowest BCUT2D eigenvalue weighted by molar-refractivity contribution is -0.123. The van der Waals surface area contributed by atoms with Crippen molar-refractivity contribution in [2.45, 2.75) is 27.2 Å². The molecule has 0 saturated carbocycles. The number of carbonyl (C=O) groups excluding carboxylic acids is 1. The summed E-state index contributed by atoms with van der Waals surface area (Å²) in [5, 5.41) is 14.3. The largest absolute Gasteiger partial charge is 0.484 e. The van der Waals surface area contributed by atoms with Gasteiger partial charge >= 0.3 is 0 Å². The van der Waals surface area contributed by atoms with Crippen LogP contribution < -0.4 is 15.8 Å². The van der Waals surface area contributed by atoms with Crippen LogP contribution in [0.2, 0.25) is 0 Å². The Labute approximate surface area is 125 Å². The highest BCUT2D eigenvalue weighted by Gasteiger charge is 2.10. The molecule has 0 fully saturated rings. The molecule has 1 aromatic carbocycles. The smallest absolute Gasteiger partial charge is 0.257 e. The van der Waals surface area contributed by atoms with Gasteiger partial charge in [-0.05, 0) is 36.1 Å². The third-order valence-electron chi connectivity index (χ3n) is 2.82. The molecule has 6 heteroatoms. The van der Waals surface area contributed by atoms with Gasteiger partial charge in [0.1, 0.15) is 5.75 Å². The predicted octanol–water partition coefficient (Wildman–Crippen LogP) is 1.71. The molecule has 1 rings (SSSR count). The van der Waals surface area contributed by atoms with E-state index in [-0.39, 0.29) is 23.8 Å². The van der Waals surface area contributed by atoms with Crippen LogP contribution in [0.15, 0.2) is 29.4 Å². The van der Waals surface area contributed by atoms with Gasteiger partial charge in [-0.15, -0.1) is 0 Å². The Morgan fingerprint density at radius 1 is 1.33 bits per heavy atom. The fourth-order valence-electron chi connectivity index (χ4n) is 1.56. The van der Waals surface area contributed by atoms with Crippen LogP contribution in [0.3, 0.4) is 0 Å². The quantitative estimate of drug-likeness (QED) is 0.322. The van der Waals surface area contributed by atoms with Crippen molar-refractivity contribution in [3.63, 3.8) is 0 Å². The van der Waals surface area contributed by atoms with E-state index < -0.39 is 0 Å². The van der Waals surface area contributed by atoms with Crippen molar-refractivity contribution < 1.29 is 14.7 Å². The summed E-state index contributed by atoms with van der Waals surface area (Å²) in [5.74, 6) is 0.427. The molecule has 0 heterocycles. The zero-order chi connectivity index (χ0) is 15.9. The lowest BCUT2D eigenvalue weighted by atomic mass is 9.92. The Kier molecular flexibility index (Phi) is 6.02. The van der Waals surface area contributed by atoms with Crippen LogP contribution in [-0.2, 0) is 4.79 Å². The second kappa shape index (κ2) is 7.52. The Balaban J connectivity index is 2.36. The average Bonchev–Trinajstić information content (AvgIpc) is 2.43. The number of nitrogens with one attached hydrogen (secondary N) is 1. The van der Waals surface area contributed by atoms with Crippen LogP contribution in [-0.4, -0.2) is 30.1 Å². The normalized spacial score (nSPS) is 12.0. The summed E-state index contributed by atoms with van der Waals surface area (Å²) >= 11 is 0. The molecule has 0 aliphatic rings. The third-order valence-corrected chi connectivity index (χ3v) is 2.82. The monoisotopic (exact) mass is 293 g/mol. The third kappa shape index (κ3) is 6.65. The number of amides is 1. The first-order valence-corrected chi connectivity index (χ1v) is 6.79. The number of carbonyl (C=O) groups is 1. The van der Waals surface area contributed by atoms with Gasteiger partial charge in [0.25, 0.3) is 5.91 Å². The summed E-state index contributed by atoms with van der Waals surface area (Å²) < 4.78 is 5.36. The number of rotatable bonds is 6. The highest BCUT2D eigenvalue weighted by Crippen LogP contribution is 2.17. The van der Waals surface area contributed by atoms with E-state index in [1.54, 1.807) is 24.3 Å². The Morgan fingerprint density at radius 3 is 2.48 bits per heavy atom. The number of nitrogens with two attached hydrogens (primary N) is 1. The number of benzene rings is 1. The van der Waals surface area contributed by atoms with Gasteiger partial charge in [0.05, 0.1) is 0 Å². The van der Waals surface area contributed by atoms with Gasteiger partial charge in [-0.1, -0.05) is 25.9 Å². The number of hydrogen-bond acceptors (Lipinski definition) is 4. The minimum atomic E-state index is -0.153. The molecule has 1 amide bonds. The molecular formula is C15H23N3O3. The Bertz CT molecular complexity index is 490. The molecule has 1 aromatic rings. The van der Waals surface area contributed by atoms with E-state index >= 15 is 0 Å². The average molecular weight is 293 g/mol. The van der Waals surface area contributed by atoms with E-state index in [0.717, 1.165) is 6.42 Å². The van der Waals surface area contributed by atoms with Crippen molar-refractivity contribution in [1.29, 1.82) is 0 Å². The molecule has 0 aliphatic carbocycles. The van der Waals surface area contributed by atoms with Crippen LogP contribution in [0.1, 0.15) is 32.8 Å². The van der Waals surface area contributed by atoms with E-state index in [4.69, 9.17) is 15.7 Å². The SMILES string of the molecule is CC(C)(C)CCNC(=O)COc1ccc(/C(N)=N/O)cc1. The second-order valence-electron chi connectivity index (χ2n) is 5.96. The predicted molar refractivity (Wildman–Crippen MR) is 81.5 cm³/mol. The molecule has 0 saturated heterocycles. The van der Waals surface area contributed by atoms with Gasteiger partial charge in [-0.3, -0.25) is 4.79 Å². The zero-order valence-corrected chi connectivity index (χ0v) is 12.7. The van der Waals surface area contributed by atoms with Crippen LogP contribution >= 0.6 is 0 Å². The molecule has 116 valence electrons. The lowest BCUT2D eigenvalue weighted by Gasteiger charge is -2.18. The summed E-state index contributed by atoms with van der Waals surface area (Å²) in [5.41, 5.74) is 6.23. The van der Waals surface area contributed by atoms with E-state index in [1.807, 2.05) is 0 Å². The van der Waals surface area contributed by atoms with Crippen molar-refractivity contribution in [1.82, 2.24) is 5.32 Å². The minimum Gasteiger partial charge on any atom is -0.484 e. The van der Waals surface area contributed by atoms with Crippen molar-refractivity contribution >= 4 is 11.7 Å². The van der Waals surface area contributed by atoms with Gasteiger partial charge in [0.2, 0.25) is 0 Å². The number of nitrogens with zero attached hydrogens (tertiary/aromatic N) is 1. The number of oxime groups is 1. The summed E-state index contributed by atoms with van der Waals surface area (Å²) in [6.45, 7) is 6.97. The highest BCUT2D eigenvalue weighted by atomic mass is 16.5. The molecular weight excluding hydrogens is 270 g/mol. The first-order valence-electron chi connectivity index (χ1n) is 6.79. The van der Waals surface area contributed by atoms with Crippen LogP contribution in [0, 0.1) is 5.41 Å². The maximum absolute atomic E-state index is 11.6. The van der Waals surface area contributed by atoms with Gasteiger partial charge < -0.3 is 21.0 Å². The fourth-order valence-corrected chi connectivity index (χ4v) is 1.56. The fraction of sp³-hybridized carbons (Fsp3) is 0.467. The maximum Gasteiger partial charge on any atom is 0.257 e. The van der Waals surface area contributed by atoms with Crippen molar-refractivity contribution in [3.8, 4) is 5.75 Å². The Morgan fingerprint density at radius 2 is 1.95 bits per heavy atom. The molecule has 0 aromatic heterocycles. The summed E-state index contributed by atoms with van der Waals surface area (Å²) in [6.07, 6.45) is 0.910. The topological polar surface area (TPSA) is 96.9 Å². The molecule has 0 bridgehead atoms. The van der Waals surface area contributed by atoms with Gasteiger partial charge in [-0.2, -0.15) is 0 Å². The summed E-state index contributed by atoms with van der Waals surface area (Å²) in [7, 11) is 0. The lowest BCUT2D eigenvalue weighted by Crippen LogP contribution is -2.31.